The molecule has 4 heteroatoms. The van der Waals surface area contributed by atoms with Crippen molar-refractivity contribution in [3.05, 3.63) is 72.4 Å². The number of hydrogen-bond acceptors (Lipinski definition) is 4. The Morgan fingerprint density at radius 2 is 1.50 bits per heavy atom. The Hall–Kier alpha value is -3.14. The number of benzene rings is 2. The molecule has 2 unspecified atom stereocenters. The molecule has 0 aromatic heterocycles. The SMILES string of the molecule is C=CC(=O)Oc1c2c(c(OC(=O)C=C)c3cc(C)ccc13)C1C=CC2C1. The number of carbonyl (C=O) groups excluding carboxylic acids is 2. The summed E-state index contributed by atoms with van der Waals surface area (Å²) in [5, 5.41) is 1.50. The zero-order valence-electron chi connectivity index (χ0n) is 14.5. The molecule has 2 atom stereocenters. The fourth-order valence-electron chi connectivity index (χ4n) is 3.95. The van der Waals surface area contributed by atoms with E-state index in [1.165, 1.54) is 0 Å². The van der Waals surface area contributed by atoms with E-state index in [2.05, 4.69) is 25.3 Å². The van der Waals surface area contributed by atoms with E-state index in [9.17, 15) is 9.59 Å². The lowest BCUT2D eigenvalue weighted by Gasteiger charge is -2.21. The largest absolute Gasteiger partial charge is 0.422 e. The molecule has 130 valence electrons. The smallest absolute Gasteiger partial charge is 0.335 e. The van der Waals surface area contributed by atoms with Gasteiger partial charge in [0.25, 0.3) is 0 Å². The van der Waals surface area contributed by atoms with Crippen LogP contribution in [0.25, 0.3) is 10.8 Å². The van der Waals surface area contributed by atoms with Crippen molar-refractivity contribution in [3.63, 3.8) is 0 Å². The first-order chi connectivity index (χ1) is 12.5. The summed E-state index contributed by atoms with van der Waals surface area (Å²) in [5.41, 5.74) is 2.88. The third-order valence-corrected chi connectivity index (χ3v) is 5.01. The van der Waals surface area contributed by atoms with Crippen molar-refractivity contribution < 1.29 is 19.1 Å². The second kappa shape index (κ2) is 5.99. The standard InChI is InChI=1S/C22H18O4/c1-4-17(23)25-21-15-9-6-12(3)10-16(15)22(26-18(24)5-2)20-14-8-7-13(11-14)19(20)21/h4-10,13-14H,1-2,11H2,3H3. The molecule has 26 heavy (non-hydrogen) atoms. The van der Waals surface area contributed by atoms with Crippen molar-refractivity contribution in [3.8, 4) is 11.5 Å². The van der Waals surface area contributed by atoms with Gasteiger partial charge in [-0.05, 0) is 19.4 Å². The highest BCUT2D eigenvalue weighted by atomic mass is 16.5. The predicted octanol–water partition coefficient (Wildman–Crippen LogP) is 4.47. The Morgan fingerprint density at radius 3 is 2.04 bits per heavy atom. The highest BCUT2D eigenvalue weighted by Crippen LogP contribution is 2.58. The molecular weight excluding hydrogens is 328 g/mol. The highest BCUT2D eigenvalue weighted by Gasteiger charge is 2.40. The van der Waals surface area contributed by atoms with E-state index in [-0.39, 0.29) is 11.8 Å². The summed E-state index contributed by atoms with van der Waals surface area (Å²) >= 11 is 0. The van der Waals surface area contributed by atoms with Crippen LogP contribution in [0.5, 0.6) is 11.5 Å². The van der Waals surface area contributed by atoms with Crippen LogP contribution >= 0.6 is 0 Å². The Morgan fingerprint density at radius 1 is 0.962 bits per heavy atom. The molecule has 0 N–H and O–H groups in total. The number of esters is 2. The maximum atomic E-state index is 12.0. The van der Waals surface area contributed by atoms with Crippen LogP contribution in [0.4, 0.5) is 0 Å². The van der Waals surface area contributed by atoms with Crippen molar-refractivity contribution in [2.45, 2.75) is 25.2 Å². The van der Waals surface area contributed by atoms with Gasteiger partial charge < -0.3 is 9.47 Å². The number of fused-ring (bicyclic) bond motifs is 6. The molecule has 0 amide bonds. The lowest BCUT2D eigenvalue weighted by Crippen LogP contribution is -2.11. The molecule has 2 aromatic carbocycles. The zero-order valence-corrected chi connectivity index (χ0v) is 14.5. The van der Waals surface area contributed by atoms with Crippen molar-refractivity contribution >= 4 is 22.7 Å². The number of carbonyl (C=O) groups is 2. The molecule has 0 saturated heterocycles. The topological polar surface area (TPSA) is 52.6 Å². The van der Waals surface area contributed by atoms with Crippen molar-refractivity contribution in [2.24, 2.45) is 0 Å². The first-order valence-electron chi connectivity index (χ1n) is 8.50. The third kappa shape index (κ3) is 2.37. The van der Waals surface area contributed by atoms with Gasteiger partial charge in [-0.15, -0.1) is 0 Å². The number of aryl methyl sites for hydroxylation is 1. The summed E-state index contributed by atoms with van der Waals surface area (Å²) in [7, 11) is 0. The molecule has 4 rings (SSSR count). The maximum absolute atomic E-state index is 12.0. The third-order valence-electron chi connectivity index (χ3n) is 5.01. The highest BCUT2D eigenvalue weighted by molar-refractivity contribution is 6.01. The molecule has 2 bridgehead atoms. The van der Waals surface area contributed by atoms with E-state index < -0.39 is 11.9 Å². The van der Waals surface area contributed by atoms with E-state index >= 15 is 0 Å². The number of hydrogen-bond donors (Lipinski definition) is 0. The summed E-state index contributed by atoms with van der Waals surface area (Å²) in [6.07, 6.45) is 7.45. The lowest BCUT2D eigenvalue weighted by molar-refractivity contribution is -0.130. The minimum atomic E-state index is -0.503. The average Bonchev–Trinajstić information content (AvgIpc) is 3.25. The van der Waals surface area contributed by atoms with Gasteiger partial charge >= 0.3 is 11.9 Å². The van der Waals surface area contributed by atoms with Crippen LogP contribution in [0, 0.1) is 6.92 Å². The number of rotatable bonds is 4. The first-order valence-corrected chi connectivity index (χ1v) is 8.50. The fraction of sp³-hybridized carbons (Fsp3) is 0.182. The van der Waals surface area contributed by atoms with Gasteiger partial charge in [-0.3, -0.25) is 0 Å². The van der Waals surface area contributed by atoms with Crippen LogP contribution in [0.2, 0.25) is 0 Å². The van der Waals surface area contributed by atoms with Gasteiger partial charge in [0.05, 0.1) is 0 Å². The first kappa shape index (κ1) is 16.3. The van der Waals surface area contributed by atoms with E-state index in [0.717, 1.165) is 46.0 Å². The number of ether oxygens (including phenoxy) is 2. The van der Waals surface area contributed by atoms with Crippen LogP contribution in [0.15, 0.2) is 55.7 Å². The van der Waals surface area contributed by atoms with E-state index in [4.69, 9.17) is 9.47 Å². The predicted molar refractivity (Wildman–Crippen MR) is 99.6 cm³/mol. The Balaban J connectivity index is 2.06. The Kier molecular flexibility index (Phi) is 3.76. The molecular formula is C22H18O4. The Labute approximate surface area is 151 Å². The van der Waals surface area contributed by atoms with Gasteiger partial charge in [-0.25, -0.2) is 9.59 Å². The summed E-state index contributed by atoms with van der Waals surface area (Å²) in [4.78, 5) is 23.9. The molecule has 2 aliphatic rings. The van der Waals surface area contributed by atoms with Gasteiger partial charge in [0.2, 0.25) is 0 Å². The van der Waals surface area contributed by atoms with Gasteiger partial charge in [-0.1, -0.05) is 43.0 Å². The average molecular weight is 346 g/mol. The van der Waals surface area contributed by atoms with E-state index in [0.29, 0.717) is 11.5 Å². The van der Waals surface area contributed by atoms with Crippen molar-refractivity contribution in [2.75, 3.05) is 0 Å². The van der Waals surface area contributed by atoms with Crippen molar-refractivity contribution in [1.29, 1.82) is 0 Å². The second-order valence-corrected chi connectivity index (χ2v) is 6.62. The molecule has 2 aliphatic carbocycles. The molecule has 2 aromatic rings. The monoisotopic (exact) mass is 346 g/mol. The molecule has 0 heterocycles. The van der Waals surface area contributed by atoms with Crippen LogP contribution < -0.4 is 9.47 Å². The molecule has 0 spiro atoms. The minimum Gasteiger partial charge on any atom is -0.422 e. The normalized spacial score (nSPS) is 19.3. The van der Waals surface area contributed by atoms with Crippen molar-refractivity contribution in [1.82, 2.24) is 0 Å². The molecule has 0 fully saturated rings. The van der Waals surface area contributed by atoms with E-state index in [1.54, 1.807) is 0 Å². The van der Waals surface area contributed by atoms with Crippen LogP contribution in [0.1, 0.15) is 34.9 Å². The number of allylic oxidation sites excluding steroid dienone is 2. The quantitative estimate of drug-likeness (QED) is 0.355. The molecule has 0 saturated carbocycles. The van der Waals surface area contributed by atoms with Crippen LogP contribution in [-0.2, 0) is 9.59 Å². The summed E-state index contributed by atoms with van der Waals surface area (Å²) in [6, 6.07) is 5.79. The molecule has 4 nitrogen and oxygen atoms in total. The summed E-state index contributed by atoms with van der Waals surface area (Å²) in [5.74, 6) is 0.367. The lowest BCUT2D eigenvalue weighted by atomic mass is 9.90. The van der Waals surface area contributed by atoms with Gasteiger partial charge in [-0.2, -0.15) is 0 Å². The molecule has 0 radical (unpaired) electrons. The summed E-state index contributed by atoms with van der Waals surface area (Å²) < 4.78 is 11.3. The zero-order chi connectivity index (χ0) is 18.4. The van der Waals surface area contributed by atoms with Gasteiger partial charge in [0, 0.05) is 45.9 Å². The minimum absolute atomic E-state index is 0.147. The fourth-order valence-corrected chi connectivity index (χ4v) is 3.95. The molecule has 0 aliphatic heterocycles. The van der Waals surface area contributed by atoms with Gasteiger partial charge in [0.15, 0.2) is 0 Å². The second-order valence-electron chi connectivity index (χ2n) is 6.62. The maximum Gasteiger partial charge on any atom is 0.335 e. The van der Waals surface area contributed by atoms with Gasteiger partial charge in [0.1, 0.15) is 11.5 Å². The van der Waals surface area contributed by atoms with E-state index in [1.807, 2.05) is 25.1 Å². The van der Waals surface area contributed by atoms with Crippen LogP contribution in [0.3, 0.4) is 0 Å². The van der Waals surface area contributed by atoms with Crippen LogP contribution in [-0.4, -0.2) is 11.9 Å². The summed E-state index contributed by atoms with van der Waals surface area (Å²) in [6.45, 7) is 8.95. The Bertz CT molecular complexity index is 1010.